The molecule has 2 heteroatoms. The highest BCUT2D eigenvalue weighted by Crippen LogP contribution is 2.36. The van der Waals surface area contributed by atoms with Gasteiger partial charge in [0.25, 0.3) is 0 Å². The lowest BCUT2D eigenvalue weighted by molar-refractivity contribution is -0.142. The van der Waals surface area contributed by atoms with Gasteiger partial charge < -0.3 is 4.74 Å². The molecule has 0 amide bonds. The third-order valence-corrected chi connectivity index (χ3v) is 4.19. The van der Waals surface area contributed by atoms with Gasteiger partial charge in [0.2, 0.25) is 0 Å². The maximum Gasteiger partial charge on any atom is 0.305 e. The molecule has 0 N–H and O–H groups in total. The molecule has 0 aliphatic heterocycles. The van der Waals surface area contributed by atoms with Crippen LogP contribution in [0.25, 0.3) is 0 Å². The molecule has 1 saturated carbocycles. The summed E-state index contributed by atoms with van der Waals surface area (Å²) in [5.74, 6) is 1.78. The number of carbonyl (C=O) groups is 1. The Balaban J connectivity index is 2.39. The van der Waals surface area contributed by atoms with Gasteiger partial charge in [0.15, 0.2) is 0 Å². The van der Waals surface area contributed by atoms with Gasteiger partial charge in [-0.15, -0.1) is 0 Å². The van der Waals surface area contributed by atoms with Crippen LogP contribution in [-0.4, -0.2) is 13.1 Å². The van der Waals surface area contributed by atoms with E-state index in [4.69, 9.17) is 4.74 Å². The molecule has 2 nitrogen and oxygen atoms in total. The topological polar surface area (TPSA) is 26.3 Å². The van der Waals surface area contributed by atoms with Crippen LogP contribution in [0.1, 0.15) is 58.8 Å². The van der Waals surface area contributed by atoms with E-state index in [1.165, 1.54) is 39.2 Å². The Morgan fingerprint density at radius 2 is 2.17 bits per heavy atom. The van der Waals surface area contributed by atoms with E-state index in [1.807, 2.05) is 0 Å². The Hall–Kier alpha value is -0.790. The minimum Gasteiger partial charge on any atom is -0.469 e. The average Bonchev–Trinajstić information content (AvgIpc) is 2.38. The smallest absolute Gasteiger partial charge is 0.305 e. The molecule has 1 fully saturated rings. The predicted octanol–water partition coefficient (Wildman–Crippen LogP) is 4.35. The molecular formula is C16H28O2. The molecule has 0 aromatic carbocycles. The third-order valence-electron chi connectivity index (χ3n) is 4.19. The van der Waals surface area contributed by atoms with Crippen LogP contribution in [0.4, 0.5) is 0 Å². The molecule has 18 heavy (non-hydrogen) atoms. The van der Waals surface area contributed by atoms with Crippen molar-refractivity contribution in [2.45, 2.75) is 58.8 Å². The molecule has 0 radical (unpaired) electrons. The van der Waals surface area contributed by atoms with Crippen LogP contribution in [0, 0.1) is 17.8 Å². The first-order chi connectivity index (χ1) is 8.67. The van der Waals surface area contributed by atoms with Crippen LogP contribution in [0.15, 0.2) is 12.2 Å². The summed E-state index contributed by atoms with van der Waals surface area (Å²) in [4.78, 5) is 11.4. The maximum atomic E-state index is 11.4. The molecular weight excluding hydrogens is 224 g/mol. The lowest BCUT2D eigenvalue weighted by Gasteiger charge is -2.32. The van der Waals surface area contributed by atoms with Crippen molar-refractivity contribution in [2.75, 3.05) is 7.11 Å². The van der Waals surface area contributed by atoms with Crippen LogP contribution in [0.3, 0.4) is 0 Å². The van der Waals surface area contributed by atoms with Crippen molar-refractivity contribution >= 4 is 5.97 Å². The highest BCUT2D eigenvalue weighted by atomic mass is 16.5. The minimum atomic E-state index is -0.0533. The molecule has 0 aromatic heterocycles. The van der Waals surface area contributed by atoms with Crippen molar-refractivity contribution in [2.24, 2.45) is 17.8 Å². The monoisotopic (exact) mass is 252 g/mol. The maximum absolute atomic E-state index is 11.4. The second-order valence-corrected chi connectivity index (χ2v) is 5.66. The van der Waals surface area contributed by atoms with Gasteiger partial charge in [0, 0.05) is 6.42 Å². The molecule has 104 valence electrons. The molecule has 0 unspecified atom stereocenters. The standard InChI is InChI=1S/C16H28O2/c1-4-5-6-7-8-14-10-9-13(2)15(11-14)12-16(17)18-3/h7-8,13-15H,4-6,9-12H2,1-3H3/b8-7+/t13-,14-,15+/m1/s1. The molecule has 3 atom stereocenters. The summed E-state index contributed by atoms with van der Waals surface area (Å²) >= 11 is 0. The molecule has 0 bridgehead atoms. The van der Waals surface area contributed by atoms with Crippen LogP contribution in [0.5, 0.6) is 0 Å². The summed E-state index contributed by atoms with van der Waals surface area (Å²) in [7, 11) is 1.48. The van der Waals surface area contributed by atoms with E-state index >= 15 is 0 Å². The zero-order valence-corrected chi connectivity index (χ0v) is 12.2. The third kappa shape index (κ3) is 5.24. The first-order valence-electron chi connectivity index (χ1n) is 7.40. The predicted molar refractivity (Wildman–Crippen MR) is 75.3 cm³/mol. The Morgan fingerprint density at radius 1 is 1.39 bits per heavy atom. The Morgan fingerprint density at radius 3 is 2.83 bits per heavy atom. The highest BCUT2D eigenvalue weighted by molar-refractivity contribution is 5.69. The van der Waals surface area contributed by atoms with Gasteiger partial charge in [-0.1, -0.05) is 38.8 Å². The Kier molecular flexibility index (Phi) is 7.07. The zero-order valence-electron chi connectivity index (χ0n) is 12.2. The summed E-state index contributed by atoms with van der Waals surface area (Å²) in [6.07, 6.45) is 12.7. The summed E-state index contributed by atoms with van der Waals surface area (Å²) in [5.41, 5.74) is 0. The second-order valence-electron chi connectivity index (χ2n) is 5.66. The number of esters is 1. The van der Waals surface area contributed by atoms with E-state index in [1.54, 1.807) is 0 Å². The van der Waals surface area contributed by atoms with Crippen molar-refractivity contribution < 1.29 is 9.53 Å². The quantitative estimate of drug-likeness (QED) is 0.399. The van der Waals surface area contributed by atoms with Crippen molar-refractivity contribution in [1.29, 1.82) is 0 Å². The summed E-state index contributed by atoms with van der Waals surface area (Å²) in [6, 6.07) is 0. The van der Waals surface area contributed by atoms with Crippen molar-refractivity contribution in [3.63, 3.8) is 0 Å². The molecule has 1 rings (SSSR count). The fourth-order valence-electron chi connectivity index (χ4n) is 2.82. The number of ether oxygens (including phenoxy) is 1. The molecule has 1 aliphatic rings. The number of rotatable bonds is 6. The minimum absolute atomic E-state index is 0.0533. The molecule has 0 saturated heterocycles. The fourth-order valence-corrected chi connectivity index (χ4v) is 2.82. The summed E-state index contributed by atoms with van der Waals surface area (Å²) < 4.78 is 4.79. The van der Waals surface area contributed by atoms with Gasteiger partial charge in [-0.2, -0.15) is 0 Å². The first-order valence-corrected chi connectivity index (χ1v) is 7.40. The number of hydrogen-bond donors (Lipinski definition) is 0. The van der Waals surface area contributed by atoms with Crippen LogP contribution < -0.4 is 0 Å². The number of hydrogen-bond acceptors (Lipinski definition) is 2. The number of unbranched alkanes of at least 4 members (excludes halogenated alkanes) is 2. The van der Waals surface area contributed by atoms with E-state index < -0.39 is 0 Å². The van der Waals surface area contributed by atoms with Crippen molar-refractivity contribution in [1.82, 2.24) is 0 Å². The fraction of sp³-hybridized carbons (Fsp3) is 0.812. The summed E-state index contributed by atoms with van der Waals surface area (Å²) in [5, 5.41) is 0. The Labute approximate surface area is 112 Å². The number of allylic oxidation sites excluding steroid dienone is 2. The zero-order chi connectivity index (χ0) is 13.4. The largest absolute Gasteiger partial charge is 0.469 e. The lowest BCUT2D eigenvalue weighted by atomic mass is 9.73. The van der Waals surface area contributed by atoms with Gasteiger partial charge in [-0.25, -0.2) is 0 Å². The Bertz CT molecular complexity index is 270. The number of methoxy groups -OCH3 is 1. The normalized spacial score (nSPS) is 28.5. The number of carbonyl (C=O) groups excluding carboxylic acids is 1. The molecule has 1 aliphatic carbocycles. The average molecular weight is 252 g/mol. The molecule has 0 aromatic rings. The molecule has 0 heterocycles. The van der Waals surface area contributed by atoms with Crippen LogP contribution in [-0.2, 0) is 9.53 Å². The van der Waals surface area contributed by atoms with E-state index in [2.05, 4.69) is 26.0 Å². The SMILES string of the molecule is CCCC/C=C/[C@@H]1CC[C@@H](C)[C@H](CC(=O)OC)C1. The van der Waals surface area contributed by atoms with Gasteiger partial charge >= 0.3 is 5.97 Å². The first kappa shape index (κ1) is 15.3. The second kappa shape index (κ2) is 8.34. The summed E-state index contributed by atoms with van der Waals surface area (Å²) in [6.45, 7) is 4.49. The van der Waals surface area contributed by atoms with Gasteiger partial charge in [0.05, 0.1) is 7.11 Å². The van der Waals surface area contributed by atoms with Gasteiger partial charge in [-0.05, 0) is 43.4 Å². The van der Waals surface area contributed by atoms with Crippen molar-refractivity contribution in [3.8, 4) is 0 Å². The van der Waals surface area contributed by atoms with Crippen LogP contribution >= 0.6 is 0 Å². The van der Waals surface area contributed by atoms with E-state index in [0.29, 0.717) is 24.2 Å². The van der Waals surface area contributed by atoms with Crippen LogP contribution in [0.2, 0.25) is 0 Å². The van der Waals surface area contributed by atoms with E-state index in [-0.39, 0.29) is 5.97 Å². The van der Waals surface area contributed by atoms with E-state index in [0.717, 1.165) is 6.42 Å². The lowest BCUT2D eigenvalue weighted by Crippen LogP contribution is -2.25. The molecule has 0 spiro atoms. The van der Waals surface area contributed by atoms with E-state index in [9.17, 15) is 4.79 Å². The van der Waals surface area contributed by atoms with Gasteiger partial charge in [0.1, 0.15) is 0 Å². The highest BCUT2D eigenvalue weighted by Gasteiger charge is 2.28. The van der Waals surface area contributed by atoms with Crippen molar-refractivity contribution in [3.05, 3.63) is 12.2 Å². The van der Waals surface area contributed by atoms with Gasteiger partial charge in [-0.3, -0.25) is 4.79 Å².